The quantitative estimate of drug-likeness (QED) is 0.816. The van der Waals surface area contributed by atoms with Gasteiger partial charge in [0.1, 0.15) is 0 Å². The Bertz CT molecular complexity index is 386. The maximum absolute atomic E-state index is 11.9. The van der Waals surface area contributed by atoms with Crippen molar-refractivity contribution in [3.05, 3.63) is 0 Å². The molecule has 3 fully saturated rings. The zero-order valence-electron chi connectivity index (χ0n) is 11.0. The van der Waals surface area contributed by atoms with E-state index in [-0.39, 0.29) is 12.1 Å². The Morgan fingerprint density at radius 1 is 1.06 bits per heavy atom. The van der Waals surface area contributed by atoms with Crippen molar-refractivity contribution < 1.29 is 8.42 Å². The molecule has 0 radical (unpaired) electrons. The van der Waals surface area contributed by atoms with Gasteiger partial charge in [-0.15, -0.1) is 0 Å². The molecular weight excluding hydrogens is 248 g/mol. The monoisotopic (exact) mass is 272 g/mol. The maximum Gasteiger partial charge on any atom is 0.153 e. The highest BCUT2D eigenvalue weighted by molar-refractivity contribution is 7.91. The lowest BCUT2D eigenvalue weighted by atomic mass is 10.0. The van der Waals surface area contributed by atoms with Crippen LogP contribution in [0.5, 0.6) is 0 Å². The first-order valence-electron chi connectivity index (χ1n) is 7.32. The number of rotatable bonds is 4. The van der Waals surface area contributed by atoms with Crippen molar-refractivity contribution >= 4 is 9.84 Å². The van der Waals surface area contributed by atoms with Crippen molar-refractivity contribution in [2.24, 2.45) is 5.92 Å². The second kappa shape index (κ2) is 5.10. The van der Waals surface area contributed by atoms with E-state index in [1.54, 1.807) is 0 Å². The molecule has 3 aliphatic rings. The Labute approximate surface area is 110 Å². The number of nitrogens with one attached hydrogen (secondary N) is 1. The molecule has 0 aromatic rings. The van der Waals surface area contributed by atoms with Gasteiger partial charge in [0.2, 0.25) is 0 Å². The van der Waals surface area contributed by atoms with Gasteiger partial charge in [0, 0.05) is 12.1 Å². The van der Waals surface area contributed by atoms with E-state index in [9.17, 15) is 8.42 Å². The third-order valence-electron chi connectivity index (χ3n) is 4.55. The fraction of sp³-hybridized carbons (Fsp3) is 1.00. The summed E-state index contributed by atoms with van der Waals surface area (Å²) in [5.74, 6) is 1.53. The van der Waals surface area contributed by atoms with E-state index in [2.05, 4.69) is 10.2 Å². The summed E-state index contributed by atoms with van der Waals surface area (Å²) in [7, 11) is -2.83. The molecule has 2 aliphatic heterocycles. The van der Waals surface area contributed by atoms with Gasteiger partial charge >= 0.3 is 0 Å². The minimum absolute atomic E-state index is 0.175. The molecule has 18 heavy (non-hydrogen) atoms. The molecule has 3 rings (SSSR count). The lowest BCUT2D eigenvalue weighted by molar-refractivity contribution is 0.155. The zero-order valence-corrected chi connectivity index (χ0v) is 11.8. The number of hydrogen-bond donors (Lipinski definition) is 1. The smallest absolute Gasteiger partial charge is 0.153 e. The maximum atomic E-state index is 11.9. The molecule has 4 nitrogen and oxygen atoms in total. The topological polar surface area (TPSA) is 49.4 Å². The van der Waals surface area contributed by atoms with Gasteiger partial charge < -0.3 is 5.32 Å². The number of nitrogens with zero attached hydrogens (tertiary/aromatic N) is 1. The largest absolute Gasteiger partial charge is 0.311 e. The number of piperidine rings is 1. The van der Waals surface area contributed by atoms with Gasteiger partial charge in [0.15, 0.2) is 9.84 Å². The Kier molecular flexibility index (Phi) is 3.65. The van der Waals surface area contributed by atoms with Crippen molar-refractivity contribution in [2.45, 2.75) is 44.2 Å². The van der Waals surface area contributed by atoms with Crippen LogP contribution in [0.1, 0.15) is 32.1 Å². The summed E-state index contributed by atoms with van der Waals surface area (Å²) >= 11 is 0. The molecule has 1 aliphatic carbocycles. The SMILES string of the molecule is O=S1(=O)C[C@H](NCC2CC2)[C@@H](N2CCCCC2)C1. The van der Waals surface area contributed by atoms with E-state index in [0.29, 0.717) is 11.5 Å². The average molecular weight is 272 g/mol. The standard InChI is InChI=1S/C13H24N2O2S/c16-18(17)9-12(14-8-11-4-5-11)13(10-18)15-6-2-1-3-7-15/h11-14H,1-10H2/t12-,13-/m0/s1. The molecule has 2 saturated heterocycles. The van der Waals surface area contributed by atoms with Crippen LogP contribution in [0, 0.1) is 5.92 Å². The third kappa shape index (κ3) is 3.06. The van der Waals surface area contributed by atoms with Gasteiger partial charge in [-0.2, -0.15) is 0 Å². The molecule has 2 atom stereocenters. The van der Waals surface area contributed by atoms with Gasteiger partial charge in [-0.3, -0.25) is 4.90 Å². The van der Waals surface area contributed by atoms with E-state index < -0.39 is 9.84 Å². The Balaban J connectivity index is 1.63. The molecule has 104 valence electrons. The van der Waals surface area contributed by atoms with Crippen LogP contribution in [-0.2, 0) is 9.84 Å². The van der Waals surface area contributed by atoms with Gasteiger partial charge in [0.05, 0.1) is 11.5 Å². The van der Waals surface area contributed by atoms with Crippen LogP contribution in [-0.4, -0.2) is 56.5 Å². The Morgan fingerprint density at radius 2 is 1.78 bits per heavy atom. The summed E-state index contributed by atoms with van der Waals surface area (Å²) < 4.78 is 23.8. The van der Waals surface area contributed by atoms with Crippen molar-refractivity contribution in [2.75, 3.05) is 31.1 Å². The van der Waals surface area contributed by atoms with Crippen LogP contribution in [0.3, 0.4) is 0 Å². The summed E-state index contributed by atoms with van der Waals surface area (Å²) in [4.78, 5) is 2.42. The molecule has 5 heteroatoms. The molecule has 2 heterocycles. The van der Waals surface area contributed by atoms with Crippen molar-refractivity contribution in [1.29, 1.82) is 0 Å². The minimum atomic E-state index is -2.83. The first-order chi connectivity index (χ1) is 8.64. The van der Waals surface area contributed by atoms with Crippen LogP contribution in [0.2, 0.25) is 0 Å². The van der Waals surface area contributed by atoms with Crippen LogP contribution >= 0.6 is 0 Å². The summed E-state index contributed by atoms with van der Waals surface area (Å²) in [5.41, 5.74) is 0. The highest BCUT2D eigenvalue weighted by Crippen LogP contribution is 2.29. The van der Waals surface area contributed by atoms with Crippen LogP contribution in [0.15, 0.2) is 0 Å². The lowest BCUT2D eigenvalue weighted by Crippen LogP contribution is -2.51. The Hall–Kier alpha value is -0.130. The molecule has 0 amide bonds. The highest BCUT2D eigenvalue weighted by Gasteiger charge is 2.41. The highest BCUT2D eigenvalue weighted by atomic mass is 32.2. The third-order valence-corrected chi connectivity index (χ3v) is 6.26. The summed E-state index contributed by atoms with van der Waals surface area (Å²) in [5, 5.41) is 3.53. The van der Waals surface area contributed by atoms with Gasteiger partial charge in [-0.25, -0.2) is 8.42 Å². The summed E-state index contributed by atoms with van der Waals surface area (Å²) in [6.45, 7) is 3.19. The molecule has 1 saturated carbocycles. The molecule has 0 unspecified atom stereocenters. The molecule has 0 bridgehead atoms. The second-order valence-corrected chi connectivity index (χ2v) is 8.35. The van der Waals surface area contributed by atoms with E-state index in [0.717, 1.165) is 25.6 Å². The van der Waals surface area contributed by atoms with Crippen molar-refractivity contribution in [3.8, 4) is 0 Å². The number of likely N-dealkylation sites (tertiary alicyclic amines) is 1. The predicted octanol–water partition coefficient (Wildman–Crippen LogP) is 0.638. The molecule has 0 spiro atoms. The normalized spacial score (nSPS) is 36.9. The predicted molar refractivity (Wildman–Crippen MR) is 72.4 cm³/mol. The molecule has 0 aromatic carbocycles. The second-order valence-electron chi connectivity index (χ2n) is 6.20. The van der Waals surface area contributed by atoms with Crippen LogP contribution in [0.25, 0.3) is 0 Å². The average Bonchev–Trinajstić information content (AvgIpc) is 3.12. The first-order valence-corrected chi connectivity index (χ1v) is 9.14. The van der Waals surface area contributed by atoms with Gasteiger partial charge in [-0.1, -0.05) is 6.42 Å². The lowest BCUT2D eigenvalue weighted by Gasteiger charge is -2.35. The molecule has 0 aromatic heterocycles. The summed E-state index contributed by atoms with van der Waals surface area (Å²) in [6.07, 6.45) is 6.40. The van der Waals surface area contributed by atoms with Crippen molar-refractivity contribution in [1.82, 2.24) is 10.2 Å². The van der Waals surface area contributed by atoms with E-state index in [4.69, 9.17) is 0 Å². The fourth-order valence-corrected chi connectivity index (χ4v) is 5.26. The minimum Gasteiger partial charge on any atom is -0.311 e. The van der Waals surface area contributed by atoms with Crippen LogP contribution in [0.4, 0.5) is 0 Å². The molecular formula is C13H24N2O2S. The van der Waals surface area contributed by atoms with E-state index in [1.165, 1.54) is 32.1 Å². The van der Waals surface area contributed by atoms with E-state index in [1.807, 2.05) is 0 Å². The van der Waals surface area contributed by atoms with Crippen LogP contribution < -0.4 is 5.32 Å². The zero-order chi connectivity index (χ0) is 12.6. The summed E-state index contributed by atoms with van der Waals surface area (Å²) in [6, 6.07) is 0.405. The van der Waals surface area contributed by atoms with Gasteiger partial charge in [0.25, 0.3) is 0 Å². The Morgan fingerprint density at radius 3 is 2.44 bits per heavy atom. The number of hydrogen-bond acceptors (Lipinski definition) is 4. The number of sulfone groups is 1. The first kappa shape index (κ1) is 12.9. The van der Waals surface area contributed by atoms with E-state index >= 15 is 0 Å². The molecule has 1 N–H and O–H groups in total. The fourth-order valence-electron chi connectivity index (χ4n) is 3.27. The van der Waals surface area contributed by atoms with Gasteiger partial charge in [-0.05, 0) is 51.2 Å². The van der Waals surface area contributed by atoms with Crippen molar-refractivity contribution in [3.63, 3.8) is 0 Å².